The van der Waals surface area contributed by atoms with Gasteiger partial charge < -0.3 is 5.73 Å². The summed E-state index contributed by atoms with van der Waals surface area (Å²) in [5, 5.41) is 8.77. The van der Waals surface area contributed by atoms with Crippen molar-refractivity contribution in [3.8, 4) is 0 Å². The molecule has 7 nitrogen and oxygen atoms in total. The molecule has 0 saturated heterocycles. The zero-order valence-corrected chi connectivity index (χ0v) is 13.5. The highest BCUT2D eigenvalue weighted by Gasteiger charge is 2.27. The summed E-state index contributed by atoms with van der Waals surface area (Å²) in [6.45, 7) is 0. The molecule has 0 amide bonds. The third-order valence-electron chi connectivity index (χ3n) is 2.27. The Balaban J connectivity index is 3.76. The predicted molar refractivity (Wildman–Crippen MR) is 77.7 cm³/mol. The van der Waals surface area contributed by atoms with Crippen molar-refractivity contribution >= 4 is 60.5 Å². The normalized spacial score (nSPS) is 14.5. The molecule has 12 heteroatoms. The van der Waals surface area contributed by atoms with Crippen molar-refractivity contribution in [1.29, 1.82) is 0 Å². The Morgan fingerprint density at radius 2 is 1.35 bits per heavy atom. The lowest BCUT2D eigenvalue weighted by atomic mass is 10.1. The van der Waals surface area contributed by atoms with Crippen molar-refractivity contribution in [2.45, 2.75) is 20.0 Å². The van der Waals surface area contributed by atoms with Crippen molar-refractivity contribution in [1.82, 2.24) is 0 Å². The Bertz CT molecular complexity index is 734. The molecular formula is C8H10Cl3N3O4S2. The van der Waals surface area contributed by atoms with Crippen molar-refractivity contribution < 1.29 is 16.8 Å². The van der Waals surface area contributed by atoms with E-state index in [4.69, 9.17) is 50.8 Å². The van der Waals surface area contributed by atoms with E-state index in [1.807, 2.05) is 0 Å². The van der Waals surface area contributed by atoms with Crippen molar-refractivity contribution in [2.24, 2.45) is 10.3 Å². The van der Waals surface area contributed by atoms with Gasteiger partial charge in [0, 0.05) is 0 Å². The topological polar surface area (TPSA) is 146 Å². The predicted octanol–water partition coefficient (Wildman–Crippen LogP) is 0.647. The molecule has 0 aromatic heterocycles. The summed E-state index contributed by atoms with van der Waals surface area (Å²) in [5.41, 5.74) is 5.10. The van der Waals surface area contributed by atoms with Gasteiger partial charge in [0.1, 0.15) is 9.73 Å². The second-order valence-electron chi connectivity index (χ2n) is 3.75. The summed E-state index contributed by atoms with van der Waals surface area (Å²) >= 11 is 17.0. The van der Waals surface area contributed by atoms with E-state index in [2.05, 4.69) is 0 Å². The van der Waals surface area contributed by atoms with Gasteiger partial charge in [0.2, 0.25) is 20.0 Å². The Morgan fingerprint density at radius 3 is 1.70 bits per heavy atom. The first kappa shape index (κ1) is 17.8. The zero-order chi connectivity index (χ0) is 15.9. The van der Waals surface area contributed by atoms with E-state index in [1.165, 1.54) is 0 Å². The first-order valence-corrected chi connectivity index (χ1v) is 9.17. The molecule has 20 heavy (non-hydrogen) atoms. The zero-order valence-electron chi connectivity index (χ0n) is 9.62. The average Bonchev–Trinajstić information content (AvgIpc) is 2.23. The minimum Gasteiger partial charge on any atom is -0.398 e. The highest BCUT2D eigenvalue weighted by molar-refractivity contribution is 7.90. The number of primary sulfonamides is 2. The van der Waals surface area contributed by atoms with Crippen LogP contribution in [0.15, 0.2) is 21.9 Å². The van der Waals surface area contributed by atoms with E-state index in [1.54, 1.807) is 0 Å². The standard InChI is InChI=1S/C8H10Cl3N3O4S2/c9-7(8(10)11)3-1-4(12)6(20(14,17)18)2-5(3)19(13,15)16/h1-2,7-8H,12H2,(H2,13,15,16)(H2,14,17,18). The summed E-state index contributed by atoms with van der Waals surface area (Å²) < 4.78 is 45.7. The van der Waals surface area contributed by atoms with E-state index in [9.17, 15) is 16.8 Å². The van der Waals surface area contributed by atoms with Crippen LogP contribution >= 0.6 is 34.8 Å². The molecule has 1 aromatic carbocycles. The molecule has 1 unspecified atom stereocenters. The third-order valence-corrected chi connectivity index (χ3v) is 5.46. The van der Waals surface area contributed by atoms with E-state index in [0.29, 0.717) is 0 Å². The quantitative estimate of drug-likeness (QED) is 0.516. The maximum absolute atomic E-state index is 11.5. The smallest absolute Gasteiger partial charge is 0.240 e. The lowest BCUT2D eigenvalue weighted by molar-refractivity contribution is 0.595. The lowest BCUT2D eigenvalue weighted by Gasteiger charge is -2.16. The van der Waals surface area contributed by atoms with Crippen molar-refractivity contribution in [3.63, 3.8) is 0 Å². The molecule has 0 saturated carbocycles. The first-order chi connectivity index (χ1) is 8.85. The van der Waals surface area contributed by atoms with Crippen LogP contribution in [-0.2, 0) is 20.0 Å². The largest absolute Gasteiger partial charge is 0.398 e. The van der Waals surface area contributed by atoms with E-state index < -0.39 is 40.1 Å². The molecule has 0 aliphatic carbocycles. The molecule has 0 heterocycles. The van der Waals surface area contributed by atoms with E-state index >= 15 is 0 Å². The van der Waals surface area contributed by atoms with Crippen LogP contribution in [0.25, 0.3) is 0 Å². The van der Waals surface area contributed by atoms with Gasteiger partial charge in [-0.25, -0.2) is 27.1 Å². The summed E-state index contributed by atoms with van der Waals surface area (Å²) in [4.78, 5) is -2.33. The van der Waals surface area contributed by atoms with Crippen LogP contribution in [0.3, 0.4) is 0 Å². The third kappa shape index (κ3) is 3.88. The van der Waals surface area contributed by atoms with E-state index in [-0.39, 0.29) is 11.3 Å². The van der Waals surface area contributed by atoms with Crippen LogP contribution in [0.4, 0.5) is 5.69 Å². The Labute approximate surface area is 131 Å². The van der Waals surface area contributed by atoms with E-state index in [0.717, 1.165) is 12.1 Å². The molecule has 0 bridgehead atoms. The van der Waals surface area contributed by atoms with Crippen molar-refractivity contribution in [2.75, 3.05) is 5.73 Å². The summed E-state index contributed by atoms with van der Waals surface area (Å²) in [5.74, 6) is 0. The number of rotatable bonds is 4. The summed E-state index contributed by atoms with van der Waals surface area (Å²) in [6.07, 6.45) is 0. The summed E-state index contributed by atoms with van der Waals surface area (Å²) in [7, 11) is -8.52. The van der Waals surface area contributed by atoms with Gasteiger partial charge in [-0.05, 0) is 17.7 Å². The van der Waals surface area contributed by atoms with Crippen LogP contribution in [0.5, 0.6) is 0 Å². The molecule has 0 spiro atoms. The van der Waals surface area contributed by atoms with Gasteiger partial charge in [0.15, 0.2) is 0 Å². The van der Waals surface area contributed by atoms with Gasteiger partial charge in [-0.3, -0.25) is 0 Å². The van der Waals surface area contributed by atoms with Gasteiger partial charge in [0.25, 0.3) is 0 Å². The highest BCUT2D eigenvalue weighted by atomic mass is 35.5. The van der Waals surface area contributed by atoms with Gasteiger partial charge in [-0.2, -0.15) is 0 Å². The van der Waals surface area contributed by atoms with Crippen LogP contribution in [0, 0.1) is 0 Å². The summed E-state index contributed by atoms with van der Waals surface area (Å²) in [6, 6.07) is 1.73. The fraction of sp³-hybridized carbons (Fsp3) is 0.250. The maximum Gasteiger partial charge on any atom is 0.240 e. The number of nitrogen functional groups attached to an aromatic ring is 1. The minimum atomic E-state index is -4.29. The molecule has 1 rings (SSSR count). The minimum absolute atomic E-state index is 0.117. The average molecular weight is 383 g/mol. The number of hydrogen-bond acceptors (Lipinski definition) is 5. The highest BCUT2D eigenvalue weighted by Crippen LogP contribution is 2.37. The van der Waals surface area contributed by atoms with Gasteiger partial charge in [-0.1, -0.05) is 0 Å². The van der Waals surface area contributed by atoms with Gasteiger partial charge in [0.05, 0.1) is 16.0 Å². The molecular weight excluding hydrogens is 373 g/mol. The molecule has 1 aromatic rings. The number of halogens is 3. The molecule has 0 fully saturated rings. The first-order valence-electron chi connectivity index (χ1n) is 4.77. The number of alkyl halides is 3. The molecule has 6 N–H and O–H groups in total. The molecule has 0 aliphatic rings. The Kier molecular flexibility index (Phi) is 5.18. The number of sulfonamides is 2. The number of benzene rings is 1. The Hall–Kier alpha value is -0.290. The van der Waals surface area contributed by atoms with Crippen LogP contribution in [0.2, 0.25) is 0 Å². The molecule has 0 aliphatic heterocycles. The molecule has 1 atom stereocenters. The number of nitrogens with two attached hydrogens (primary N) is 3. The second-order valence-corrected chi connectivity index (χ2v) is 8.45. The lowest BCUT2D eigenvalue weighted by Crippen LogP contribution is -2.20. The SMILES string of the molecule is Nc1cc(C(Cl)C(Cl)Cl)c(S(N)(=O)=O)cc1S(N)(=O)=O. The van der Waals surface area contributed by atoms with Gasteiger partial charge in [-0.15, -0.1) is 34.8 Å². The number of anilines is 1. The van der Waals surface area contributed by atoms with Crippen LogP contribution < -0.4 is 16.0 Å². The van der Waals surface area contributed by atoms with Crippen molar-refractivity contribution in [3.05, 3.63) is 17.7 Å². The fourth-order valence-electron chi connectivity index (χ4n) is 1.44. The molecule has 0 radical (unpaired) electrons. The second kappa shape index (κ2) is 5.84. The Morgan fingerprint density at radius 1 is 0.900 bits per heavy atom. The molecule has 114 valence electrons. The monoisotopic (exact) mass is 381 g/mol. The van der Waals surface area contributed by atoms with Crippen LogP contribution in [0.1, 0.15) is 10.9 Å². The number of hydrogen-bond donors (Lipinski definition) is 3. The fourth-order valence-corrected chi connectivity index (χ4v) is 3.50. The van der Waals surface area contributed by atoms with Crippen LogP contribution in [-0.4, -0.2) is 21.7 Å². The van der Waals surface area contributed by atoms with Gasteiger partial charge >= 0.3 is 0 Å². The maximum atomic E-state index is 11.5.